The molecule has 1 saturated carbocycles. The number of halogens is 7. The van der Waals surface area contributed by atoms with Gasteiger partial charge >= 0.3 is 18.5 Å². The molecule has 1 unspecified atom stereocenters. The van der Waals surface area contributed by atoms with E-state index in [1.165, 1.54) is 31.7 Å². The van der Waals surface area contributed by atoms with Crippen LogP contribution in [0.5, 0.6) is 5.75 Å². The van der Waals surface area contributed by atoms with Crippen molar-refractivity contribution in [3.63, 3.8) is 0 Å². The fraction of sp³-hybridized carbons (Fsp3) is 0.727. The third-order valence-electron chi connectivity index (χ3n) is 6.28. The Kier molecular flexibility index (Phi) is 7.96. The molecule has 3 nitrogen and oxygen atoms in total. The lowest BCUT2D eigenvalue weighted by Gasteiger charge is -2.37. The minimum atomic E-state index is -6.16. The Labute approximate surface area is 182 Å². The van der Waals surface area contributed by atoms with Gasteiger partial charge in [-0.2, -0.15) is 26.3 Å². The Morgan fingerprint density at radius 2 is 1.62 bits per heavy atom. The molecule has 0 radical (unpaired) electrons. The van der Waals surface area contributed by atoms with Crippen LogP contribution in [0.4, 0.5) is 30.7 Å². The van der Waals surface area contributed by atoms with Crippen LogP contribution in [0.25, 0.3) is 0 Å². The number of hydrogen-bond acceptors (Lipinski definition) is 3. The molecule has 2 aliphatic rings. The summed E-state index contributed by atoms with van der Waals surface area (Å²) in [6, 6.07) is 3.00. The van der Waals surface area contributed by atoms with Crippen molar-refractivity contribution in [2.75, 3.05) is 13.2 Å². The first-order valence-corrected chi connectivity index (χ1v) is 10.7. The minimum Gasteiger partial charge on any atom is -0.451 e. The van der Waals surface area contributed by atoms with E-state index in [4.69, 9.17) is 9.47 Å². The fourth-order valence-electron chi connectivity index (χ4n) is 4.15. The van der Waals surface area contributed by atoms with E-state index in [0.717, 1.165) is 18.1 Å². The zero-order valence-electron chi connectivity index (χ0n) is 17.6. The van der Waals surface area contributed by atoms with Crippen LogP contribution in [0, 0.1) is 23.6 Å². The SMILES string of the molecule is CC1CCC(C2COC(CCc3ccc(OC(F)C(F)(F)C(F)(F)F)c(F)c3)OC2)CC1. The van der Waals surface area contributed by atoms with Gasteiger partial charge in [0.1, 0.15) is 0 Å². The smallest absolute Gasteiger partial charge is 0.451 e. The number of rotatable bonds is 7. The molecule has 0 N–H and O–H groups in total. The van der Waals surface area contributed by atoms with Gasteiger partial charge in [-0.3, -0.25) is 0 Å². The van der Waals surface area contributed by atoms with E-state index >= 15 is 0 Å². The van der Waals surface area contributed by atoms with E-state index in [9.17, 15) is 30.7 Å². The highest BCUT2D eigenvalue weighted by atomic mass is 19.4. The molecule has 1 aliphatic heterocycles. The van der Waals surface area contributed by atoms with E-state index in [1.807, 2.05) is 0 Å². The summed E-state index contributed by atoms with van der Waals surface area (Å²) in [5, 5.41) is 0. The molecule has 182 valence electrons. The highest BCUT2D eigenvalue weighted by molar-refractivity contribution is 5.29. The Morgan fingerprint density at radius 3 is 2.19 bits per heavy atom. The molecule has 10 heteroatoms. The van der Waals surface area contributed by atoms with Crippen molar-refractivity contribution in [1.82, 2.24) is 0 Å². The van der Waals surface area contributed by atoms with Crippen LogP contribution in [-0.4, -0.2) is 38.0 Å². The number of benzene rings is 1. The number of aryl methyl sites for hydroxylation is 1. The maximum atomic E-state index is 14.1. The Morgan fingerprint density at radius 1 is 1.00 bits per heavy atom. The summed E-state index contributed by atoms with van der Waals surface area (Å²) in [6.45, 7) is 3.45. The van der Waals surface area contributed by atoms with Crippen molar-refractivity contribution >= 4 is 0 Å². The average molecular weight is 472 g/mol. The standard InChI is InChI=1S/C22H27F7O3/c1-13-2-6-15(7-3-13)16-11-30-19(31-12-16)9-5-14-4-8-18(17(23)10-14)32-20(24)21(25,26)22(27,28)29/h4,8,10,13,15-16,19-20H,2-3,5-7,9,11-12H2,1H3. The van der Waals surface area contributed by atoms with Crippen molar-refractivity contribution in [3.8, 4) is 5.75 Å². The fourth-order valence-corrected chi connectivity index (χ4v) is 4.15. The second kappa shape index (κ2) is 10.2. The van der Waals surface area contributed by atoms with Crippen LogP contribution in [0.3, 0.4) is 0 Å². The van der Waals surface area contributed by atoms with Crippen LogP contribution < -0.4 is 4.74 Å². The Bertz CT molecular complexity index is 740. The molecule has 0 aromatic heterocycles. The molecule has 0 spiro atoms. The lowest BCUT2D eigenvalue weighted by molar-refractivity contribution is -0.328. The van der Waals surface area contributed by atoms with Crippen molar-refractivity contribution in [2.24, 2.45) is 17.8 Å². The summed E-state index contributed by atoms with van der Waals surface area (Å²) >= 11 is 0. The van der Waals surface area contributed by atoms with Crippen molar-refractivity contribution in [2.45, 2.75) is 70.2 Å². The third-order valence-corrected chi connectivity index (χ3v) is 6.28. The second-order valence-electron chi connectivity index (χ2n) is 8.73. The molecule has 1 aromatic carbocycles. The molecule has 1 aliphatic carbocycles. The zero-order chi connectivity index (χ0) is 23.5. The van der Waals surface area contributed by atoms with Crippen LogP contribution in [0.15, 0.2) is 18.2 Å². The predicted octanol–water partition coefficient (Wildman–Crippen LogP) is 6.45. The minimum absolute atomic E-state index is 0.311. The zero-order valence-corrected chi connectivity index (χ0v) is 17.6. The van der Waals surface area contributed by atoms with Gasteiger partial charge in [0.05, 0.1) is 13.2 Å². The van der Waals surface area contributed by atoms with Crippen LogP contribution in [0.1, 0.15) is 44.6 Å². The third kappa shape index (κ3) is 6.07. The van der Waals surface area contributed by atoms with Gasteiger partial charge in [-0.1, -0.05) is 25.8 Å². The molecule has 1 atom stereocenters. The summed E-state index contributed by atoms with van der Waals surface area (Å²) < 4.78 is 105. The van der Waals surface area contributed by atoms with E-state index in [-0.39, 0.29) is 0 Å². The van der Waals surface area contributed by atoms with Gasteiger partial charge in [-0.05, 0) is 48.8 Å². The van der Waals surface area contributed by atoms with Crippen molar-refractivity contribution < 1.29 is 44.9 Å². The van der Waals surface area contributed by atoms with Crippen LogP contribution in [0.2, 0.25) is 0 Å². The predicted molar refractivity (Wildman–Crippen MR) is 102 cm³/mol. The second-order valence-corrected chi connectivity index (χ2v) is 8.73. The molecule has 1 saturated heterocycles. The van der Waals surface area contributed by atoms with Gasteiger partial charge in [-0.25, -0.2) is 4.39 Å². The monoisotopic (exact) mass is 472 g/mol. The first-order valence-electron chi connectivity index (χ1n) is 10.7. The maximum Gasteiger partial charge on any atom is 0.460 e. The first kappa shape index (κ1) is 25.1. The molecular weight excluding hydrogens is 445 g/mol. The van der Waals surface area contributed by atoms with E-state index in [1.54, 1.807) is 0 Å². The summed E-state index contributed by atoms with van der Waals surface area (Å²) in [7, 11) is 0. The molecule has 1 heterocycles. The van der Waals surface area contributed by atoms with Gasteiger partial charge in [0.25, 0.3) is 0 Å². The average Bonchev–Trinajstić information content (AvgIpc) is 2.74. The topological polar surface area (TPSA) is 27.7 Å². The summed E-state index contributed by atoms with van der Waals surface area (Å²) in [4.78, 5) is 0. The molecule has 3 rings (SSSR count). The van der Waals surface area contributed by atoms with E-state index < -0.39 is 36.3 Å². The van der Waals surface area contributed by atoms with Gasteiger partial charge in [-0.15, -0.1) is 0 Å². The highest BCUT2D eigenvalue weighted by Crippen LogP contribution is 2.40. The van der Waals surface area contributed by atoms with Crippen LogP contribution in [-0.2, 0) is 15.9 Å². The summed E-state index contributed by atoms with van der Waals surface area (Å²) in [6.07, 6.45) is -5.19. The Balaban J connectivity index is 1.46. The largest absolute Gasteiger partial charge is 0.460 e. The van der Waals surface area contributed by atoms with Gasteiger partial charge in [0, 0.05) is 12.3 Å². The van der Waals surface area contributed by atoms with Gasteiger partial charge < -0.3 is 14.2 Å². The summed E-state index contributed by atoms with van der Waals surface area (Å²) in [5.41, 5.74) is 0.420. The molecule has 0 bridgehead atoms. The molecule has 1 aromatic rings. The quantitative estimate of drug-likeness (QED) is 0.427. The Hall–Kier alpha value is -1.55. The van der Waals surface area contributed by atoms with Crippen molar-refractivity contribution in [1.29, 1.82) is 0 Å². The lowest BCUT2D eigenvalue weighted by atomic mass is 9.76. The highest BCUT2D eigenvalue weighted by Gasteiger charge is 2.65. The molecule has 0 amide bonds. The number of hydrogen-bond donors (Lipinski definition) is 0. The first-order chi connectivity index (χ1) is 15.0. The molecular formula is C22H27F7O3. The molecule has 2 fully saturated rings. The lowest BCUT2D eigenvalue weighted by Crippen LogP contribution is -2.47. The molecule has 32 heavy (non-hydrogen) atoms. The normalized spacial score (nSPS) is 28.4. The van der Waals surface area contributed by atoms with Gasteiger partial charge in [0.2, 0.25) is 0 Å². The van der Waals surface area contributed by atoms with E-state index in [0.29, 0.717) is 43.5 Å². The maximum absolute atomic E-state index is 14.1. The van der Waals surface area contributed by atoms with E-state index in [2.05, 4.69) is 11.7 Å². The number of ether oxygens (including phenoxy) is 3. The van der Waals surface area contributed by atoms with Crippen molar-refractivity contribution in [3.05, 3.63) is 29.6 Å². The van der Waals surface area contributed by atoms with Gasteiger partial charge in [0.15, 0.2) is 17.9 Å². The summed E-state index contributed by atoms with van der Waals surface area (Å²) in [5.74, 6) is -6.31. The van der Waals surface area contributed by atoms with Crippen LogP contribution >= 0.6 is 0 Å². The number of alkyl halides is 6.